The third-order valence-corrected chi connectivity index (χ3v) is 8.38. The number of halogens is 1. The van der Waals surface area contributed by atoms with Gasteiger partial charge in [-0.25, -0.2) is 4.98 Å². The lowest BCUT2D eigenvalue weighted by molar-refractivity contribution is -0.132. The third kappa shape index (κ3) is 8.52. The Morgan fingerprint density at radius 3 is 2.63 bits per heavy atom. The summed E-state index contributed by atoms with van der Waals surface area (Å²) in [7, 11) is 0. The first-order chi connectivity index (χ1) is 18.2. The van der Waals surface area contributed by atoms with Gasteiger partial charge in [0.1, 0.15) is 5.76 Å². The topological polar surface area (TPSA) is 104 Å². The van der Waals surface area contributed by atoms with Crippen molar-refractivity contribution >= 4 is 51.6 Å². The minimum Gasteiger partial charge on any atom is -0.444 e. The highest BCUT2D eigenvalue weighted by Crippen LogP contribution is 2.29. The number of oxazole rings is 1. The van der Waals surface area contributed by atoms with Gasteiger partial charge >= 0.3 is 0 Å². The molecular weight excluding hydrogens is 544 g/mol. The molecule has 12 heteroatoms. The van der Waals surface area contributed by atoms with Crippen LogP contribution in [0, 0.1) is 0 Å². The second-order valence-corrected chi connectivity index (χ2v) is 12.9. The van der Waals surface area contributed by atoms with Gasteiger partial charge in [-0.05, 0) is 24.1 Å². The van der Waals surface area contributed by atoms with Crippen LogP contribution in [0.4, 0.5) is 5.13 Å². The van der Waals surface area contributed by atoms with E-state index in [1.165, 1.54) is 11.3 Å². The highest BCUT2D eigenvalue weighted by molar-refractivity contribution is 8.00. The quantitative estimate of drug-likeness (QED) is 0.273. The van der Waals surface area contributed by atoms with E-state index in [1.54, 1.807) is 18.0 Å². The second-order valence-electron chi connectivity index (χ2n) is 10.2. The number of benzene rings is 1. The van der Waals surface area contributed by atoms with Crippen molar-refractivity contribution in [3.63, 3.8) is 0 Å². The van der Waals surface area contributed by atoms with Gasteiger partial charge < -0.3 is 14.6 Å². The summed E-state index contributed by atoms with van der Waals surface area (Å²) in [6.45, 7) is 9.84. The zero-order valence-electron chi connectivity index (χ0n) is 21.9. The van der Waals surface area contributed by atoms with E-state index in [0.717, 1.165) is 40.9 Å². The Balaban J connectivity index is 1.17. The van der Waals surface area contributed by atoms with Crippen molar-refractivity contribution < 1.29 is 14.0 Å². The predicted molar refractivity (Wildman–Crippen MR) is 150 cm³/mol. The third-order valence-electron chi connectivity index (χ3n) is 6.09. The molecule has 1 fully saturated rings. The Morgan fingerprint density at radius 1 is 1.11 bits per heavy atom. The lowest BCUT2D eigenvalue weighted by Crippen LogP contribution is -2.35. The highest BCUT2D eigenvalue weighted by Gasteiger charge is 2.23. The van der Waals surface area contributed by atoms with E-state index in [-0.39, 0.29) is 30.1 Å². The monoisotopic (exact) mass is 576 g/mol. The number of nitrogens with zero attached hydrogens (tertiary/aromatic N) is 5. The molecule has 1 N–H and O–H groups in total. The van der Waals surface area contributed by atoms with Crippen LogP contribution < -0.4 is 5.32 Å². The molecule has 0 saturated carbocycles. The normalized spacial score (nSPS) is 14.9. The molecule has 204 valence electrons. The molecule has 0 radical (unpaired) electrons. The molecule has 0 aliphatic carbocycles. The van der Waals surface area contributed by atoms with Crippen molar-refractivity contribution in [3.05, 3.63) is 52.7 Å². The summed E-state index contributed by atoms with van der Waals surface area (Å²) in [5.41, 5.74) is 1.05. The molecule has 0 bridgehead atoms. The van der Waals surface area contributed by atoms with Crippen molar-refractivity contribution in [2.75, 3.05) is 31.5 Å². The first-order valence-electron chi connectivity index (χ1n) is 12.6. The van der Waals surface area contributed by atoms with Gasteiger partial charge in [0.15, 0.2) is 4.34 Å². The maximum Gasteiger partial charge on any atom is 0.226 e. The molecule has 2 aromatic heterocycles. The van der Waals surface area contributed by atoms with E-state index in [2.05, 4.69) is 46.2 Å². The minimum atomic E-state index is -0.237. The van der Waals surface area contributed by atoms with Crippen LogP contribution in [0.2, 0.25) is 5.02 Å². The Labute approximate surface area is 236 Å². The Kier molecular flexibility index (Phi) is 9.80. The van der Waals surface area contributed by atoms with Crippen LogP contribution in [0.5, 0.6) is 0 Å². The summed E-state index contributed by atoms with van der Waals surface area (Å²) in [5.74, 6) is 2.06. The fraction of sp³-hybridized carbons (Fsp3) is 0.500. The number of aromatic nitrogens is 3. The number of rotatable bonds is 9. The van der Waals surface area contributed by atoms with Crippen LogP contribution in [0.3, 0.4) is 0 Å². The smallest absolute Gasteiger partial charge is 0.226 e. The maximum absolute atomic E-state index is 12.8. The molecule has 1 aliphatic heterocycles. The summed E-state index contributed by atoms with van der Waals surface area (Å²) in [4.78, 5) is 33.8. The van der Waals surface area contributed by atoms with Crippen molar-refractivity contribution in [1.29, 1.82) is 0 Å². The van der Waals surface area contributed by atoms with Crippen molar-refractivity contribution in [1.82, 2.24) is 25.0 Å². The van der Waals surface area contributed by atoms with E-state index < -0.39 is 0 Å². The number of carbonyl (C=O) groups is 2. The minimum absolute atomic E-state index is 0.00962. The van der Waals surface area contributed by atoms with Crippen molar-refractivity contribution in [2.45, 2.75) is 62.1 Å². The van der Waals surface area contributed by atoms with E-state index >= 15 is 0 Å². The average molecular weight is 577 g/mol. The SMILES string of the molecule is CC(C)(C)c1cnc(CN2CCCN(C(=O)CCC(=O)Nc3nnc(SCc4ccc(Cl)cc4)s3)CC2)o1. The van der Waals surface area contributed by atoms with Crippen LogP contribution in [-0.2, 0) is 27.3 Å². The van der Waals surface area contributed by atoms with Gasteiger partial charge in [0.25, 0.3) is 0 Å². The highest BCUT2D eigenvalue weighted by atomic mass is 35.5. The fourth-order valence-electron chi connectivity index (χ4n) is 3.90. The fourth-order valence-corrected chi connectivity index (χ4v) is 5.75. The summed E-state index contributed by atoms with van der Waals surface area (Å²) >= 11 is 8.79. The summed E-state index contributed by atoms with van der Waals surface area (Å²) in [6.07, 6.45) is 2.94. The van der Waals surface area contributed by atoms with Crippen LogP contribution in [-0.4, -0.2) is 63.0 Å². The van der Waals surface area contributed by atoms with Crippen LogP contribution in [0.25, 0.3) is 0 Å². The molecule has 1 aliphatic rings. The van der Waals surface area contributed by atoms with Gasteiger partial charge in [-0.15, -0.1) is 10.2 Å². The number of amides is 2. The molecule has 3 heterocycles. The lowest BCUT2D eigenvalue weighted by atomic mass is 9.94. The van der Waals surface area contributed by atoms with Gasteiger partial charge in [-0.1, -0.05) is 67.6 Å². The molecule has 3 aromatic rings. The largest absolute Gasteiger partial charge is 0.444 e. The Bertz CT molecular complexity index is 1220. The second kappa shape index (κ2) is 13.1. The number of thioether (sulfide) groups is 1. The van der Waals surface area contributed by atoms with Crippen molar-refractivity contribution in [2.24, 2.45) is 0 Å². The summed E-state index contributed by atoms with van der Waals surface area (Å²) in [5, 5.41) is 12.1. The van der Waals surface area contributed by atoms with Gasteiger partial charge in [0.2, 0.25) is 22.8 Å². The molecule has 1 aromatic carbocycles. The standard InChI is InChI=1S/C26H33ClN6O3S2/c1-26(2,3)20-15-28-22(36-20)16-32-11-4-12-33(14-13-32)23(35)10-9-21(34)29-24-30-31-25(38-24)37-17-18-5-7-19(27)8-6-18/h5-8,15H,4,9-14,16-17H2,1-3H3,(H,29,30,34). The van der Waals surface area contributed by atoms with Gasteiger partial charge in [0, 0.05) is 55.2 Å². The molecule has 0 atom stereocenters. The average Bonchev–Trinajstić information content (AvgIpc) is 3.47. The van der Waals surface area contributed by atoms with E-state index in [0.29, 0.717) is 35.7 Å². The van der Waals surface area contributed by atoms with Crippen LogP contribution >= 0.6 is 34.7 Å². The zero-order chi connectivity index (χ0) is 27.1. The molecule has 2 amide bonds. The molecule has 1 saturated heterocycles. The molecule has 0 unspecified atom stereocenters. The Morgan fingerprint density at radius 2 is 1.89 bits per heavy atom. The van der Waals surface area contributed by atoms with Gasteiger partial charge in [-0.3, -0.25) is 14.5 Å². The van der Waals surface area contributed by atoms with Crippen LogP contribution in [0.1, 0.15) is 57.2 Å². The first kappa shape index (κ1) is 28.5. The Hall–Kier alpha value is -2.47. The first-order valence-corrected chi connectivity index (χ1v) is 14.8. The number of nitrogens with one attached hydrogen (secondary N) is 1. The molecule has 9 nitrogen and oxygen atoms in total. The predicted octanol–water partition coefficient (Wildman–Crippen LogP) is 5.22. The van der Waals surface area contributed by atoms with E-state index in [4.69, 9.17) is 16.0 Å². The number of carbonyl (C=O) groups excluding carboxylic acids is 2. The van der Waals surface area contributed by atoms with Gasteiger partial charge in [-0.2, -0.15) is 0 Å². The lowest BCUT2D eigenvalue weighted by Gasteiger charge is -2.21. The van der Waals surface area contributed by atoms with Crippen molar-refractivity contribution in [3.8, 4) is 0 Å². The van der Waals surface area contributed by atoms with E-state index in [9.17, 15) is 9.59 Å². The number of anilines is 1. The maximum atomic E-state index is 12.8. The summed E-state index contributed by atoms with van der Waals surface area (Å²) in [6, 6.07) is 7.65. The molecular formula is C26H33ClN6O3S2. The molecule has 38 heavy (non-hydrogen) atoms. The summed E-state index contributed by atoms with van der Waals surface area (Å²) < 4.78 is 6.69. The van der Waals surface area contributed by atoms with Crippen LogP contribution in [0.15, 0.2) is 39.2 Å². The van der Waals surface area contributed by atoms with E-state index in [1.807, 2.05) is 29.2 Å². The number of hydrogen-bond donors (Lipinski definition) is 1. The number of hydrogen-bond acceptors (Lipinski definition) is 9. The zero-order valence-corrected chi connectivity index (χ0v) is 24.3. The molecule has 4 rings (SSSR count). The molecule has 0 spiro atoms. The van der Waals surface area contributed by atoms with Gasteiger partial charge in [0.05, 0.1) is 12.7 Å².